The molecular weight excluding hydrogens is 603 g/mol. The highest BCUT2D eigenvalue weighted by Gasteiger charge is 2.18. The molecule has 2 N–H and O–H groups in total. The monoisotopic (exact) mass is 632 g/mol. The van der Waals surface area contributed by atoms with Crippen molar-refractivity contribution in [3.8, 4) is 11.5 Å². The Kier molecular flexibility index (Phi) is 9.64. The van der Waals surface area contributed by atoms with Crippen LogP contribution in [0.2, 0.25) is 10.0 Å². The second kappa shape index (κ2) is 12.8. The minimum Gasteiger partial charge on any atom is -0.506 e. The number of phenolic OH excluding ortho intramolecular Hbond substituents is 1. The zero-order valence-corrected chi connectivity index (χ0v) is 25.9. The van der Waals surface area contributed by atoms with Crippen molar-refractivity contribution < 1.29 is 23.1 Å². The van der Waals surface area contributed by atoms with Gasteiger partial charge in [-0.15, -0.1) is 11.3 Å². The van der Waals surface area contributed by atoms with Crippen LogP contribution in [0.3, 0.4) is 0 Å². The van der Waals surface area contributed by atoms with Crippen LogP contribution in [0.25, 0.3) is 0 Å². The Morgan fingerprint density at radius 1 is 1.02 bits per heavy atom. The van der Waals surface area contributed by atoms with Gasteiger partial charge in [-0.2, -0.15) is 0 Å². The third-order valence-corrected chi connectivity index (χ3v) is 9.29. The van der Waals surface area contributed by atoms with E-state index < -0.39 is 15.7 Å². The summed E-state index contributed by atoms with van der Waals surface area (Å²) in [6, 6.07) is 15.5. The van der Waals surface area contributed by atoms with Crippen LogP contribution in [0.15, 0.2) is 70.9 Å². The fraction of sp³-hybridized carbons (Fsp3) is 0.267. The summed E-state index contributed by atoms with van der Waals surface area (Å²) in [5, 5.41) is 16.7. The summed E-state index contributed by atoms with van der Waals surface area (Å²) in [6.45, 7) is 6.51. The lowest BCUT2D eigenvalue weighted by Crippen LogP contribution is -2.13. The average molecular weight is 634 g/mol. The highest BCUT2D eigenvalue weighted by molar-refractivity contribution is 7.91. The SMILES string of the molecule is CC(C)(C)c1csc(COc2cc(Cl)cc(C(=O)Nc3cc(CCCS(=O)(=O)c4ccc(Cl)cc4)ccc3O)c2)n1. The Hall–Kier alpha value is -3.11. The van der Waals surface area contributed by atoms with Gasteiger partial charge in [0.15, 0.2) is 9.84 Å². The number of nitrogens with one attached hydrogen (secondary N) is 1. The van der Waals surface area contributed by atoms with Gasteiger partial charge in [-0.1, -0.05) is 50.0 Å². The van der Waals surface area contributed by atoms with Crippen LogP contribution >= 0.6 is 34.5 Å². The minimum atomic E-state index is -3.46. The van der Waals surface area contributed by atoms with Gasteiger partial charge in [0.2, 0.25) is 0 Å². The third kappa shape index (κ3) is 8.45. The molecule has 0 fully saturated rings. The Morgan fingerprint density at radius 3 is 2.44 bits per heavy atom. The summed E-state index contributed by atoms with van der Waals surface area (Å²) in [4.78, 5) is 17.9. The number of amides is 1. The third-order valence-electron chi connectivity index (χ3n) is 6.18. The number of halogens is 2. The van der Waals surface area contributed by atoms with Gasteiger partial charge >= 0.3 is 0 Å². The molecule has 1 amide bonds. The fourth-order valence-electron chi connectivity index (χ4n) is 3.90. The molecule has 4 rings (SSSR count). The van der Waals surface area contributed by atoms with Gasteiger partial charge in [0, 0.05) is 26.4 Å². The van der Waals surface area contributed by atoms with Crippen LogP contribution in [-0.4, -0.2) is 30.2 Å². The van der Waals surface area contributed by atoms with Crippen molar-refractivity contribution in [2.24, 2.45) is 0 Å². The molecule has 7 nitrogen and oxygen atoms in total. The largest absolute Gasteiger partial charge is 0.506 e. The van der Waals surface area contributed by atoms with E-state index in [1.165, 1.54) is 35.6 Å². The molecule has 1 aromatic heterocycles. The van der Waals surface area contributed by atoms with Gasteiger partial charge in [0.25, 0.3) is 5.91 Å². The Bertz CT molecular complexity index is 1650. The first-order chi connectivity index (χ1) is 19.3. The molecule has 216 valence electrons. The second-order valence-electron chi connectivity index (χ2n) is 10.5. The fourth-order valence-corrected chi connectivity index (χ4v) is 6.50. The molecule has 0 aliphatic heterocycles. The molecule has 41 heavy (non-hydrogen) atoms. The maximum Gasteiger partial charge on any atom is 0.255 e. The molecule has 0 bridgehead atoms. The van der Waals surface area contributed by atoms with E-state index in [-0.39, 0.29) is 39.7 Å². The summed E-state index contributed by atoms with van der Waals surface area (Å²) in [6.07, 6.45) is 0.785. The maximum absolute atomic E-state index is 13.1. The van der Waals surface area contributed by atoms with Gasteiger partial charge < -0.3 is 15.2 Å². The molecule has 0 saturated carbocycles. The lowest BCUT2D eigenvalue weighted by atomic mass is 9.93. The number of anilines is 1. The number of rotatable bonds is 10. The maximum atomic E-state index is 13.1. The summed E-state index contributed by atoms with van der Waals surface area (Å²) < 4.78 is 31.1. The molecule has 0 saturated heterocycles. The number of aromatic nitrogens is 1. The average Bonchev–Trinajstić information content (AvgIpc) is 3.39. The number of carbonyl (C=O) groups excluding carboxylic acids is 1. The lowest BCUT2D eigenvalue weighted by Gasteiger charge is -2.14. The zero-order chi connectivity index (χ0) is 29.8. The summed E-state index contributed by atoms with van der Waals surface area (Å²) in [5.41, 5.74) is 2.14. The molecule has 0 aliphatic carbocycles. The number of ether oxygens (including phenoxy) is 1. The van der Waals surface area contributed by atoms with Crippen molar-refractivity contribution in [1.82, 2.24) is 4.98 Å². The number of aromatic hydroxyl groups is 1. The predicted molar refractivity (Wildman–Crippen MR) is 164 cm³/mol. The normalized spacial score (nSPS) is 11.8. The molecule has 0 spiro atoms. The lowest BCUT2D eigenvalue weighted by molar-refractivity contribution is 0.102. The van der Waals surface area contributed by atoms with Crippen molar-refractivity contribution in [2.75, 3.05) is 11.1 Å². The smallest absolute Gasteiger partial charge is 0.255 e. The number of sulfone groups is 1. The van der Waals surface area contributed by atoms with E-state index in [4.69, 9.17) is 27.9 Å². The van der Waals surface area contributed by atoms with Crippen LogP contribution in [0.1, 0.15) is 53.8 Å². The molecule has 0 aliphatic rings. The molecular formula is C30H30Cl2N2O5S2. The Balaban J connectivity index is 1.39. The number of carbonyl (C=O) groups is 1. The Morgan fingerprint density at radius 2 is 1.76 bits per heavy atom. The molecule has 0 unspecified atom stereocenters. The first-order valence-electron chi connectivity index (χ1n) is 12.8. The number of phenols is 1. The highest BCUT2D eigenvalue weighted by atomic mass is 35.5. The topological polar surface area (TPSA) is 106 Å². The van der Waals surface area contributed by atoms with Gasteiger partial charge in [0.05, 0.1) is 22.0 Å². The highest BCUT2D eigenvalue weighted by Crippen LogP contribution is 2.29. The predicted octanol–water partition coefficient (Wildman–Crippen LogP) is 7.69. The molecule has 0 radical (unpaired) electrons. The number of hydrogen-bond donors (Lipinski definition) is 2. The van der Waals surface area contributed by atoms with Gasteiger partial charge in [-0.3, -0.25) is 4.79 Å². The standard InChI is InChI=1S/C30H30Cl2N2O5S2/c1-30(2,3)27-18-40-28(34-27)17-39-23-15-20(14-22(32)16-23)29(36)33-25-13-19(6-11-26(25)35)5-4-12-41(37,38)24-9-7-21(31)8-10-24/h6-11,13-16,18,35H,4-5,12,17H2,1-3H3,(H,33,36). The van der Waals surface area contributed by atoms with Crippen molar-refractivity contribution in [2.45, 2.75) is 50.5 Å². The van der Waals surface area contributed by atoms with Crippen LogP contribution in [0.4, 0.5) is 5.69 Å². The first-order valence-corrected chi connectivity index (χ1v) is 16.1. The Labute approximate surface area is 254 Å². The number of thiazole rings is 1. The van der Waals surface area contributed by atoms with E-state index in [2.05, 4.69) is 31.1 Å². The number of benzene rings is 3. The van der Waals surface area contributed by atoms with E-state index in [0.717, 1.165) is 16.3 Å². The molecule has 3 aromatic carbocycles. The van der Waals surface area contributed by atoms with E-state index in [1.54, 1.807) is 36.4 Å². The van der Waals surface area contributed by atoms with E-state index in [0.29, 0.717) is 28.6 Å². The summed E-state index contributed by atoms with van der Waals surface area (Å²) in [7, 11) is -3.46. The van der Waals surface area contributed by atoms with Crippen molar-refractivity contribution in [3.05, 3.63) is 97.9 Å². The number of aryl methyl sites for hydroxylation is 1. The molecule has 11 heteroatoms. The summed E-state index contributed by atoms with van der Waals surface area (Å²) >= 11 is 13.6. The van der Waals surface area contributed by atoms with Crippen LogP contribution in [0.5, 0.6) is 11.5 Å². The quantitative estimate of drug-likeness (QED) is 0.174. The molecule has 0 atom stereocenters. The van der Waals surface area contributed by atoms with Gasteiger partial charge in [-0.05, 0) is 73.0 Å². The first kappa shape index (κ1) is 30.8. The molecule has 1 heterocycles. The van der Waals surface area contributed by atoms with Crippen LogP contribution in [0, 0.1) is 0 Å². The van der Waals surface area contributed by atoms with E-state index in [9.17, 15) is 18.3 Å². The van der Waals surface area contributed by atoms with Gasteiger partial charge in [0.1, 0.15) is 23.1 Å². The minimum absolute atomic E-state index is 0.0546. The van der Waals surface area contributed by atoms with E-state index >= 15 is 0 Å². The van der Waals surface area contributed by atoms with Crippen LogP contribution < -0.4 is 10.1 Å². The zero-order valence-electron chi connectivity index (χ0n) is 22.8. The van der Waals surface area contributed by atoms with E-state index in [1.807, 2.05) is 5.38 Å². The number of hydrogen-bond acceptors (Lipinski definition) is 7. The molecule has 4 aromatic rings. The second-order valence-corrected chi connectivity index (χ2v) is 14.4. The number of nitrogens with zero attached hydrogens (tertiary/aromatic N) is 1. The van der Waals surface area contributed by atoms with Crippen LogP contribution in [-0.2, 0) is 28.3 Å². The summed E-state index contributed by atoms with van der Waals surface area (Å²) in [5.74, 6) is -0.247. The van der Waals surface area contributed by atoms with Gasteiger partial charge in [-0.25, -0.2) is 13.4 Å². The van der Waals surface area contributed by atoms with Crippen molar-refractivity contribution in [1.29, 1.82) is 0 Å². The van der Waals surface area contributed by atoms with Crippen molar-refractivity contribution >= 4 is 56.0 Å². The van der Waals surface area contributed by atoms with Crippen molar-refractivity contribution in [3.63, 3.8) is 0 Å².